The Morgan fingerprint density at radius 1 is 1.28 bits per heavy atom. The number of esters is 1. The molecular formula is C16H26O2. The lowest BCUT2D eigenvalue weighted by molar-refractivity contribution is -0.136. The monoisotopic (exact) mass is 250 g/mol. The van der Waals surface area contributed by atoms with Gasteiger partial charge in [-0.15, -0.1) is 0 Å². The van der Waals surface area contributed by atoms with Crippen LogP contribution in [0.4, 0.5) is 0 Å². The Balaban J connectivity index is 2.92. The molecule has 0 saturated heterocycles. The summed E-state index contributed by atoms with van der Waals surface area (Å²) in [6.07, 6.45) is 4.67. The molecule has 0 atom stereocenters. The highest BCUT2D eigenvalue weighted by atomic mass is 16.5. The molecule has 1 aliphatic carbocycles. The van der Waals surface area contributed by atoms with Gasteiger partial charge in [0.25, 0.3) is 0 Å². The molecule has 0 aliphatic heterocycles. The van der Waals surface area contributed by atoms with Gasteiger partial charge in [-0.25, -0.2) is 0 Å². The zero-order chi connectivity index (χ0) is 13.9. The van der Waals surface area contributed by atoms with Gasteiger partial charge in [0, 0.05) is 6.92 Å². The van der Waals surface area contributed by atoms with Crippen LogP contribution in [0.1, 0.15) is 67.2 Å². The van der Waals surface area contributed by atoms with Crippen LogP contribution in [0, 0.1) is 5.41 Å². The average Bonchev–Trinajstić information content (AvgIpc) is 2.22. The Morgan fingerprint density at radius 3 is 2.39 bits per heavy atom. The number of rotatable bonds is 3. The smallest absolute Gasteiger partial charge is 0.307 e. The van der Waals surface area contributed by atoms with Crippen molar-refractivity contribution in [2.24, 2.45) is 5.41 Å². The lowest BCUT2D eigenvalue weighted by Gasteiger charge is -2.35. The van der Waals surface area contributed by atoms with Crippen molar-refractivity contribution in [1.29, 1.82) is 0 Å². The summed E-state index contributed by atoms with van der Waals surface area (Å²) < 4.78 is 5.18. The van der Waals surface area contributed by atoms with Gasteiger partial charge < -0.3 is 4.74 Å². The van der Waals surface area contributed by atoms with Gasteiger partial charge in [-0.3, -0.25) is 4.79 Å². The van der Waals surface area contributed by atoms with Crippen LogP contribution >= 0.6 is 0 Å². The second kappa shape index (κ2) is 5.73. The Bertz CT molecular complexity index is 397. The molecule has 0 aromatic rings. The van der Waals surface area contributed by atoms with E-state index in [4.69, 9.17) is 4.74 Å². The third-order valence-electron chi connectivity index (χ3n) is 4.03. The zero-order valence-corrected chi connectivity index (χ0v) is 12.6. The van der Waals surface area contributed by atoms with E-state index in [-0.39, 0.29) is 11.4 Å². The number of ether oxygens (including phenoxy) is 1. The van der Waals surface area contributed by atoms with Crippen molar-refractivity contribution >= 4 is 5.97 Å². The maximum atomic E-state index is 11.0. The summed E-state index contributed by atoms with van der Waals surface area (Å²) >= 11 is 0. The molecule has 1 rings (SSSR count). The maximum Gasteiger partial charge on any atom is 0.307 e. The summed E-state index contributed by atoms with van der Waals surface area (Å²) in [6.45, 7) is 12.3. The van der Waals surface area contributed by atoms with Crippen LogP contribution in [0.15, 0.2) is 22.5 Å². The normalized spacial score (nSPS) is 20.6. The lowest BCUT2D eigenvalue weighted by Crippen LogP contribution is -2.20. The van der Waals surface area contributed by atoms with Crippen molar-refractivity contribution in [3.63, 3.8) is 0 Å². The summed E-state index contributed by atoms with van der Waals surface area (Å²) in [5, 5.41) is 0. The molecule has 0 spiro atoms. The number of carbonyl (C=O) groups excluding carboxylic acids is 1. The molecule has 0 amide bonds. The summed E-state index contributed by atoms with van der Waals surface area (Å²) in [5.74, 6) is 0.518. The Hall–Kier alpha value is -1.05. The van der Waals surface area contributed by atoms with E-state index in [1.807, 2.05) is 6.92 Å². The molecule has 0 N–H and O–H groups in total. The highest BCUT2D eigenvalue weighted by Crippen LogP contribution is 2.43. The van der Waals surface area contributed by atoms with E-state index in [0.717, 1.165) is 17.8 Å². The Kier molecular flexibility index (Phi) is 4.78. The molecule has 1 aliphatic rings. The SMILES string of the molecule is CC(=O)OC(C)=C(C)CC1=C(C)CCCC1(C)C. The van der Waals surface area contributed by atoms with E-state index >= 15 is 0 Å². The first-order chi connectivity index (χ1) is 8.24. The van der Waals surface area contributed by atoms with Crippen molar-refractivity contribution in [2.75, 3.05) is 0 Å². The van der Waals surface area contributed by atoms with E-state index in [1.54, 1.807) is 0 Å². The molecule has 0 aromatic heterocycles. The fourth-order valence-electron chi connectivity index (χ4n) is 2.76. The molecule has 0 saturated carbocycles. The largest absolute Gasteiger partial charge is 0.432 e. The van der Waals surface area contributed by atoms with Gasteiger partial charge in [-0.05, 0) is 57.4 Å². The predicted molar refractivity (Wildman–Crippen MR) is 75.1 cm³/mol. The first kappa shape index (κ1) is 15.0. The molecule has 0 aromatic carbocycles. The number of allylic oxidation sites excluding steroid dienone is 4. The van der Waals surface area contributed by atoms with Crippen LogP contribution in [-0.4, -0.2) is 5.97 Å². The highest BCUT2D eigenvalue weighted by Gasteiger charge is 2.28. The second-order valence-corrected chi connectivity index (χ2v) is 6.10. The van der Waals surface area contributed by atoms with Crippen LogP contribution < -0.4 is 0 Å². The third kappa shape index (κ3) is 3.72. The van der Waals surface area contributed by atoms with Crippen molar-refractivity contribution in [3.05, 3.63) is 22.5 Å². The van der Waals surface area contributed by atoms with E-state index in [0.29, 0.717) is 0 Å². The molecule has 2 nitrogen and oxygen atoms in total. The highest BCUT2D eigenvalue weighted by molar-refractivity contribution is 5.67. The van der Waals surface area contributed by atoms with E-state index in [9.17, 15) is 4.79 Å². The molecule has 0 radical (unpaired) electrons. The zero-order valence-electron chi connectivity index (χ0n) is 12.6. The van der Waals surface area contributed by atoms with Gasteiger partial charge in [0.2, 0.25) is 0 Å². The van der Waals surface area contributed by atoms with Gasteiger partial charge >= 0.3 is 5.97 Å². The van der Waals surface area contributed by atoms with Gasteiger partial charge in [0.15, 0.2) is 0 Å². The van der Waals surface area contributed by atoms with E-state index in [2.05, 4.69) is 27.7 Å². The van der Waals surface area contributed by atoms with Gasteiger partial charge in [-0.2, -0.15) is 0 Å². The maximum absolute atomic E-state index is 11.0. The van der Waals surface area contributed by atoms with Crippen molar-refractivity contribution in [1.82, 2.24) is 0 Å². The lowest BCUT2D eigenvalue weighted by atomic mass is 9.71. The van der Waals surface area contributed by atoms with Gasteiger partial charge in [-0.1, -0.05) is 25.0 Å². The molecule has 18 heavy (non-hydrogen) atoms. The number of hydrogen-bond donors (Lipinski definition) is 0. The average molecular weight is 250 g/mol. The van der Waals surface area contributed by atoms with Crippen LogP contribution in [0.3, 0.4) is 0 Å². The van der Waals surface area contributed by atoms with Crippen LogP contribution in [0.25, 0.3) is 0 Å². The minimum Gasteiger partial charge on any atom is -0.432 e. The predicted octanol–water partition coefficient (Wildman–Crippen LogP) is 4.76. The molecule has 0 unspecified atom stereocenters. The quantitative estimate of drug-likeness (QED) is 0.410. The standard InChI is InChI=1S/C16H26O2/c1-11-8-7-9-16(5,6)15(11)10-12(2)13(3)18-14(4)17/h7-10H2,1-6H3. The first-order valence-electron chi connectivity index (χ1n) is 6.78. The van der Waals surface area contributed by atoms with Crippen molar-refractivity contribution in [3.8, 4) is 0 Å². The summed E-state index contributed by atoms with van der Waals surface area (Å²) in [5.41, 5.74) is 4.48. The summed E-state index contributed by atoms with van der Waals surface area (Å²) in [7, 11) is 0. The topological polar surface area (TPSA) is 26.3 Å². The van der Waals surface area contributed by atoms with Gasteiger partial charge in [0.1, 0.15) is 5.76 Å². The summed E-state index contributed by atoms with van der Waals surface area (Å²) in [6, 6.07) is 0. The van der Waals surface area contributed by atoms with Crippen molar-refractivity contribution in [2.45, 2.75) is 67.2 Å². The Morgan fingerprint density at radius 2 is 1.89 bits per heavy atom. The van der Waals surface area contributed by atoms with Gasteiger partial charge in [0.05, 0.1) is 0 Å². The molecule has 0 heterocycles. The molecule has 102 valence electrons. The van der Waals surface area contributed by atoms with Crippen LogP contribution in [0.5, 0.6) is 0 Å². The second-order valence-electron chi connectivity index (χ2n) is 6.10. The fourth-order valence-corrected chi connectivity index (χ4v) is 2.76. The van der Waals surface area contributed by atoms with Crippen molar-refractivity contribution < 1.29 is 9.53 Å². The molecular weight excluding hydrogens is 224 g/mol. The fraction of sp³-hybridized carbons (Fsp3) is 0.688. The van der Waals surface area contributed by atoms with Crippen LogP contribution in [-0.2, 0) is 9.53 Å². The minimum atomic E-state index is -0.236. The van der Waals surface area contributed by atoms with E-state index < -0.39 is 0 Å². The van der Waals surface area contributed by atoms with E-state index in [1.165, 1.54) is 37.3 Å². The minimum absolute atomic E-state index is 0.236. The number of carbonyl (C=O) groups is 1. The summed E-state index contributed by atoms with van der Waals surface area (Å²) in [4.78, 5) is 11.0. The Labute approximate surface area is 111 Å². The molecule has 0 fully saturated rings. The van der Waals surface area contributed by atoms with Crippen LogP contribution in [0.2, 0.25) is 0 Å². The number of hydrogen-bond acceptors (Lipinski definition) is 2. The first-order valence-corrected chi connectivity index (χ1v) is 6.78. The molecule has 2 heteroatoms. The third-order valence-corrected chi connectivity index (χ3v) is 4.03. The molecule has 0 bridgehead atoms.